The summed E-state index contributed by atoms with van der Waals surface area (Å²) in [6, 6.07) is 9.54. The molecule has 17 heavy (non-hydrogen) atoms. The zero-order valence-corrected chi connectivity index (χ0v) is 11.2. The van der Waals surface area contributed by atoms with Crippen LogP contribution in [-0.2, 0) is 5.41 Å². The summed E-state index contributed by atoms with van der Waals surface area (Å²) in [6.45, 7) is 6.72. The lowest BCUT2D eigenvalue weighted by molar-refractivity contribution is 0.590. The van der Waals surface area contributed by atoms with Crippen LogP contribution in [0.15, 0.2) is 24.3 Å². The predicted octanol–water partition coefficient (Wildman–Crippen LogP) is 3.28. The second-order valence-corrected chi connectivity index (χ2v) is 6.17. The molecule has 1 fully saturated rings. The third kappa shape index (κ3) is 3.01. The van der Waals surface area contributed by atoms with Gasteiger partial charge in [0.2, 0.25) is 0 Å². The van der Waals surface area contributed by atoms with E-state index >= 15 is 0 Å². The molecule has 0 aromatic heterocycles. The SMILES string of the molecule is CC(C)(C)c1ccc(NC2CCCC2N)cc1. The van der Waals surface area contributed by atoms with Crippen molar-refractivity contribution in [2.45, 2.75) is 57.5 Å². The Morgan fingerprint density at radius 2 is 1.76 bits per heavy atom. The molecule has 2 unspecified atom stereocenters. The van der Waals surface area contributed by atoms with Crippen molar-refractivity contribution in [3.05, 3.63) is 29.8 Å². The Labute approximate surface area is 105 Å². The summed E-state index contributed by atoms with van der Waals surface area (Å²) in [4.78, 5) is 0. The van der Waals surface area contributed by atoms with Gasteiger partial charge in [-0.2, -0.15) is 0 Å². The normalized spacial score (nSPS) is 24.9. The summed E-state index contributed by atoms with van der Waals surface area (Å²) in [5.74, 6) is 0. The van der Waals surface area contributed by atoms with Crippen LogP contribution in [0.3, 0.4) is 0 Å². The van der Waals surface area contributed by atoms with Crippen molar-refractivity contribution >= 4 is 5.69 Å². The van der Waals surface area contributed by atoms with Gasteiger partial charge >= 0.3 is 0 Å². The van der Waals surface area contributed by atoms with Gasteiger partial charge in [0.15, 0.2) is 0 Å². The fourth-order valence-corrected chi connectivity index (χ4v) is 2.45. The van der Waals surface area contributed by atoms with Crippen molar-refractivity contribution in [1.82, 2.24) is 0 Å². The zero-order valence-electron chi connectivity index (χ0n) is 11.2. The zero-order chi connectivity index (χ0) is 12.5. The number of nitrogens with two attached hydrogens (primary N) is 1. The Morgan fingerprint density at radius 3 is 2.24 bits per heavy atom. The molecule has 0 aliphatic heterocycles. The first-order chi connectivity index (χ1) is 7.97. The van der Waals surface area contributed by atoms with E-state index in [-0.39, 0.29) is 5.41 Å². The summed E-state index contributed by atoms with van der Waals surface area (Å²) in [6.07, 6.45) is 3.60. The molecule has 0 spiro atoms. The molecule has 1 aliphatic carbocycles. The van der Waals surface area contributed by atoms with Gasteiger partial charge in [0.25, 0.3) is 0 Å². The van der Waals surface area contributed by atoms with Gasteiger partial charge < -0.3 is 11.1 Å². The van der Waals surface area contributed by atoms with Gasteiger partial charge in [0.05, 0.1) is 0 Å². The Bertz CT molecular complexity index is 362. The monoisotopic (exact) mass is 232 g/mol. The molecule has 3 N–H and O–H groups in total. The topological polar surface area (TPSA) is 38.0 Å². The van der Waals surface area contributed by atoms with Gasteiger partial charge in [0.1, 0.15) is 0 Å². The molecule has 0 heterocycles. The van der Waals surface area contributed by atoms with Crippen molar-refractivity contribution < 1.29 is 0 Å². The minimum Gasteiger partial charge on any atom is -0.381 e. The molecule has 2 atom stereocenters. The maximum Gasteiger partial charge on any atom is 0.0412 e. The molecule has 2 rings (SSSR count). The minimum atomic E-state index is 0.224. The van der Waals surface area contributed by atoms with Crippen LogP contribution >= 0.6 is 0 Å². The number of rotatable bonds is 2. The first-order valence-corrected chi connectivity index (χ1v) is 6.59. The summed E-state index contributed by atoms with van der Waals surface area (Å²) in [5, 5.41) is 3.54. The van der Waals surface area contributed by atoms with Crippen molar-refractivity contribution in [2.24, 2.45) is 5.73 Å². The lowest BCUT2D eigenvalue weighted by atomic mass is 9.87. The average Bonchev–Trinajstić information content (AvgIpc) is 2.64. The van der Waals surface area contributed by atoms with E-state index in [4.69, 9.17) is 5.73 Å². The van der Waals surface area contributed by atoms with Crippen LogP contribution in [-0.4, -0.2) is 12.1 Å². The number of hydrogen-bond donors (Lipinski definition) is 2. The molecule has 1 saturated carbocycles. The molecule has 0 amide bonds. The van der Waals surface area contributed by atoms with E-state index in [1.165, 1.54) is 24.1 Å². The van der Waals surface area contributed by atoms with Gasteiger partial charge in [-0.15, -0.1) is 0 Å². The number of nitrogens with one attached hydrogen (secondary N) is 1. The van der Waals surface area contributed by atoms with Gasteiger partial charge in [0, 0.05) is 17.8 Å². The van der Waals surface area contributed by atoms with Crippen LogP contribution in [0.4, 0.5) is 5.69 Å². The summed E-state index contributed by atoms with van der Waals surface area (Å²) in [7, 11) is 0. The van der Waals surface area contributed by atoms with Crippen LogP contribution < -0.4 is 11.1 Å². The van der Waals surface area contributed by atoms with Crippen molar-refractivity contribution in [1.29, 1.82) is 0 Å². The highest BCUT2D eigenvalue weighted by atomic mass is 15.0. The molecule has 0 radical (unpaired) electrons. The van der Waals surface area contributed by atoms with Crippen LogP contribution in [0.1, 0.15) is 45.6 Å². The Morgan fingerprint density at radius 1 is 1.12 bits per heavy atom. The molecule has 2 nitrogen and oxygen atoms in total. The highest BCUT2D eigenvalue weighted by Gasteiger charge is 2.23. The molecule has 1 aliphatic rings. The van der Waals surface area contributed by atoms with E-state index in [1.807, 2.05) is 0 Å². The first kappa shape index (κ1) is 12.4. The number of benzene rings is 1. The molecule has 0 saturated heterocycles. The lowest BCUT2D eigenvalue weighted by Crippen LogP contribution is -2.35. The number of hydrogen-bond acceptors (Lipinski definition) is 2. The van der Waals surface area contributed by atoms with E-state index in [2.05, 4.69) is 50.4 Å². The van der Waals surface area contributed by atoms with Crippen LogP contribution in [0.25, 0.3) is 0 Å². The minimum absolute atomic E-state index is 0.224. The van der Waals surface area contributed by atoms with E-state index < -0.39 is 0 Å². The van der Waals surface area contributed by atoms with Crippen LogP contribution in [0.2, 0.25) is 0 Å². The smallest absolute Gasteiger partial charge is 0.0412 e. The van der Waals surface area contributed by atoms with E-state index in [1.54, 1.807) is 0 Å². The fourth-order valence-electron chi connectivity index (χ4n) is 2.45. The third-order valence-corrected chi connectivity index (χ3v) is 3.67. The standard InChI is InChI=1S/C15H24N2/c1-15(2,3)11-7-9-12(10-8-11)17-14-6-4-5-13(14)16/h7-10,13-14,17H,4-6,16H2,1-3H3. The quantitative estimate of drug-likeness (QED) is 0.821. The van der Waals surface area contributed by atoms with E-state index in [0.29, 0.717) is 12.1 Å². The molecule has 1 aromatic carbocycles. The largest absolute Gasteiger partial charge is 0.381 e. The van der Waals surface area contributed by atoms with Crippen molar-refractivity contribution in [3.8, 4) is 0 Å². The summed E-state index contributed by atoms with van der Waals surface area (Å²) >= 11 is 0. The van der Waals surface area contributed by atoms with Crippen molar-refractivity contribution in [2.75, 3.05) is 5.32 Å². The molecular weight excluding hydrogens is 208 g/mol. The van der Waals surface area contributed by atoms with E-state index in [0.717, 1.165) is 6.42 Å². The Balaban J connectivity index is 2.03. The van der Waals surface area contributed by atoms with Gasteiger partial charge in [-0.3, -0.25) is 0 Å². The average molecular weight is 232 g/mol. The van der Waals surface area contributed by atoms with Gasteiger partial charge in [-0.05, 0) is 42.4 Å². The van der Waals surface area contributed by atoms with Crippen LogP contribution in [0, 0.1) is 0 Å². The molecule has 1 aromatic rings. The maximum absolute atomic E-state index is 6.06. The van der Waals surface area contributed by atoms with Crippen LogP contribution in [0.5, 0.6) is 0 Å². The highest BCUT2D eigenvalue weighted by molar-refractivity contribution is 5.47. The van der Waals surface area contributed by atoms with Gasteiger partial charge in [-0.1, -0.05) is 32.9 Å². The Kier molecular flexibility index (Phi) is 3.43. The Hall–Kier alpha value is -1.02. The van der Waals surface area contributed by atoms with Crippen molar-refractivity contribution in [3.63, 3.8) is 0 Å². The lowest BCUT2D eigenvalue weighted by Gasteiger charge is -2.21. The van der Waals surface area contributed by atoms with E-state index in [9.17, 15) is 0 Å². The summed E-state index contributed by atoms with van der Waals surface area (Å²) in [5.41, 5.74) is 8.86. The highest BCUT2D eigenvalue weighted by Crippen LogP contribution is 2.25. The molecule has 0 bridgehead atoms. The maximum atomic E-state index is 6.06. The molecular formula is C15H24N2. The fraction of sp³-hybridized carbons (Fsp3) is 0.600. The second-order valence-electron chi connectivity index (χ2n) is 6.17. The second kappa shape index (κ2) is 4.69. The molecule has 2 heteroatoms. The van der Waals surface area contributed by atoms with Gasteiger partial charge in [-0.25, -0.2) is 0 Å². The summed E-state index contributed by atoms with van der Waals surface area (Å²) < 4.78 is 0. The number of anilines is 1. The third-order valence-electron chi connectivity index (χ3n) is 3.67. The first-order valence-electron chi connectivity index (χ1n) is 6.59. The predicted molar refractivity (Wildman–Crippen MR) is 74.4 cm³/mol. The molecule has 94 valence electrons.